The Morgan fingerprint density at radius 3 is 2.64 bits per heavy atom. The van der Waals surface area contributed by atoms with Crippen LogP contribution in [0.2, 0.25) is 5.02 Å². The van der Waals surface area contributed by atoms with E-state index in [0.717, 1.165) is 31.2 Å². The molecule has 1 aromatic carbocycles. The second-order valence-electron chi connectivity index (χ2n) is 5.80. The molecule has 0 spiro atoms. The second kappa shape index (κ2) is 10.2. The van der Waals surface area contributed by atoms with Crippen molar-refractivity contribution in [3.05, 3.63) is 53.1 Å². The number of hydrogen-bond acceptors (Lipinski definition) is 2. The van der Waals surface area contributed by atoms with E-state index < -0.39 is 0 Å². The maximum atomic E-state index is 11.6. The van der Waals surface area contributed by atoms with Crippen molar-refractivity contribution < 1.29 is 9.53 Å². The molecular formula is C19H25ClO2. The highest BCUT2D eigenvalue weighted by atomic mass is 35.5. The first kappa shape index (κ1) is 18.5. The third-order valence-corrected chi connectivity index (χ3v) is 3.69. The molecule has 22 heavy (non-hydrogen) atoms. The molecule has 0 saturated carbocycles. The number of carbonyl (C=O) groups is 1. The fourth-order valence-electron chi connectivity index (χ4n) is 2.04. The molecule has 2 nitrogen and oxygen atoms in total. The smallest absolute Gasteiger partial charge is 0.330 e. The van der Waals surface area contributed by atoms with Crippen molar-refractivity contribution in [2.45, 2.75) is 39.5 Å². The lowest BCUT2D eigenvalue weighted by molar-refractivity contribution is -0.138. The molecule has 0 radical (unpaired) electrons. The Kier molecular flexibility index (Phi) is 8.61. The van der Waals surface area contributed by atoms with E-state index in [0.29, 0.717) is 17.5 Å². The van der Waals surface area contributed by atoms with Crippen LogP contribution in [0, 0.1) is 5.92 Å². The first-order valence-corrected chi connectivity index (χ1v) is 8.10. The van der Waals surface area contributed by atoms with E-state index in [-0.39, 0.29) is 5.97 Å². The van der Waals surface area contributed by atoms with E-state index in [4.69, 9.17) is 16.3 Å². The normalized spacial score (nSPS) is 12.3. The number of esters is 1. The lowest BCUT2D eigenvalue weighted by Crippen LogP contribution is -2.06. The predicted octanol–water partition coefficient (Wildman–Crippen LogP) is 5.67. The third kappa shape index (κ3) is 8.68. The summed E-state index contributed by atoms with van der Waals surface area (Å²) in [5.41, 5.74) is 2.15. The van der Waals surface area contributed by atoms with Crippen molar-refractivity contribution in [3.8, 4) is 0 Å². The largest absolute Gasteiger partial charge is 0.463 e. The number of ether oxygens (including phenoxy) is 1. The highest BCUT2D eigenvalue weighted by Gasteiger charge is 2.04. The summed E-state index contributed by atoms with van der Waals surface area (Å²) in [4.78, 5) is 11.6. The Morgan fingerprint density at radius 1 is 1.32 bits per heavy atom. The zero-order chi connectivity index (χ0) is 16.4. The van der Waals surface area contributed by atoms with Gasteiger partial charge in [-0.05, 0) is 55.9 Å². The van der Waals surface area contributed by atoms with E-state index in [2.05, 4.69) is 20.4 Å². The number of allylic oxidation sites excluding steroid dienone is 1. The van der Waals surface area contributed by atoms with Gasteiger partial charge in [-0.15, -0.1) is 6.58 Å². The van der Waals surface area contributed by atoms with Crippen LogP contribution in [0.25, 0.3) is 6.08 Å². The van der Waals surface area contributed by atoms with Gasteiger partial charge < -0.3 is 4.74 Å². The van der Waals surface area contributed by atoms with Crippen LogP contribution in [-0.4, -0.2) is 12.6 Å². The number of hydrogen-bond donors (Lipinski definition) is 0. The van der Waals surface area contributed by atoms with Crippen molar-refractivity contribution in [1.82, 2.24) is 0 Å². The van der Waals surface area contributed by atoms with Gasteiger partial charge in [-0.3, -0.25) is 0 Å². The summed E-state index contributed by atoms with van der Waals surface area (Å²) in [5.74, 6) is 0.261. The minimum absolute atomic E-state index is 0.302. The number of halogens is 1. The first-order chi connectivity index (χ1) is 10.5. The molecular weight excluding hydrogens is 296 g/mol. The van der Waals surface area contributed by atoms with Gasteiger partial charge in [0, 0.05) is 11.1 Å². The van der Waals surface area contributed by atoms with Crippen LogP contribution in [-0.2, 0) is 9.53 Å². The zero-order valence-corrected chi connectivity index (χ0v) is 14.2. The van der Waals surface area contributed by atoms with Crippen molar-refractivity contribution in [3.63, 3.8) is 0 Å². The summed E-state index contributed by atoms with van der Waals surface area (Å²) in [6, 6.07) is 7.30. The van der Waals surface area contributed by atoms with E-state index in [1.807, 2.05) is 12.1 Å². The number of rotatable bonds is 9. The lowest BCUT2D eigenvalue weighted by atomic mass is 9.99. The van der Waals surface area contributed by atoms with Gasteiger partial charge in [0.2, 0.25) is 0 Å². The quantitative estimate of drug-likeness (QED) is 0.333. The minimum Gasteiger partial charge on any atom is -0.463 e. The number of benzene rings is 1. The molecule has 0 aliphatic carbocycles. The Labute approximate surface area is 138 Å². The molecule has 3 heteroatoms. The molecule has 0 aliphatic rings. The highest BCUT2D eigenvalue weighted by Crippen LogP contribution is 2.14. The molecule has 1 aromatic rings. The number of carbonyl (C=O) groups excluding carboxylic acids is 1. The zero-order valence-electron chi connectivity index (χ0n) is 13.5. The molecule has 0 heterocycles. The van der Waals surface area contributed by atoms with E-state index in [9.17, 15) is 4.79 Å². The van der Waals surface area contributed by atoms with Crippen LogP contribution in [0.4, 0.5) is 0 Å². The topological polar surface area (TPSA) is 26.3 Å². The standard InChI is InChI=1S/C19H25ClO2/c1-15(2)5-4-6-16(3)13-14-22-19(21)12-9-17-7-10-18(20)11-8-17/h7-12,16H,1,4-6,13-14H2,2-3H3/b12-9+. The molecule has 0 amide bonds. The van der Waals surface area contributed by atoms with Crippen molar-refractivity contribution in [2.75, 3.05) is 6.61 Å². The Balaban J connectivity index is 2.20. The van der Waals surface area contributed by atoms with Crippen LogP contribution in [0.15, 0.2) is 42.5 Å². The predicted molar refractivity (Wildman–Crippen MR) is 93.9 cm³/mol. The van der Waals surface area contributed by atoms with Gasteiger partial charge in [0.15, 0.2) is 0 Å². The van der Waals surface area contributed by atoms with Gasteiger partial charge in [0.25, 0.3) is 0 Å². The molecule has 1 unspecified atom stereocenters. The second-order valence-corrected chi connectivity index (χ2v) is 6.23. The fourth-order valence-corrected chi connectivity index (χ4v) is 2.17. The molecule has 1 atom stereocenters. The van der Waals surface area contributed by atoms with Crippen LogP contribution in [0.5, 0.6) is 0 Å². The summed E-state index contributed by atoms with van der Waals surface area (Å²) in [5, 5.41) is 0.681. The van der Waals surface area contributed by atoms with Gasteiger partial charge in [-0.25, -0.2) is 4.79 Å². The maximum absolute atomic E-state index is 11.6. The summed E-state index contributed by atoms with van der Waals surface area (Å²) in [7, 11) is 0. The average Bonchev–Trinajstić information content (AvgIpc) is 2.46. The van der Waals surface area contributed by atoms with Crippen molar-refractivity contribution in [2.24, 2.45) is 5.92 Å². The third-order valence-electron chi connectivity index (χ3n) is 3.44. The Hall–Kier alpha value is -1.54. The van der Waals surface area contributed by atoms with Gasteiger partial charge in [0.05, 0.1) is 6.61 Å². The lowest BCUT2D eigenvalue weighted by Gasteiger charge is -2.10. The summed E-state index contributed by atoms with van der Waals surface area (Å²) in [6.45, 7) is 8.62. The molecule has 0 aliphatic heterocycles. The maximum Gasteiger partial charge on any atom is 0.330 e. The molecule has 0 N–H and O–H groups in total. The molecule has 1 rings (SSSR count). The SMILES string of the molecule is C=C(C)CCCC(C)CCOC(=O)/C=C/c1ccc(Cl)cc1. The Morgan fingerprint density at radius 2 is 2.00 bits per heavy atom. The van der Waals surface area contributed by atoms with E-state index in [1.165, 1.54) is 11.6 Å². The van der Waals surface area contributed by atoms with E-state index >= 15 is 0 Å². The molecule has 0 fully saturated rings. The minimum atomic E-state index is -0.302. The molecule has 120 valence electrons. The van der Waals surface area contributed by atoms with Gasteiger partial charge in [-0.2, -0.15) is 0 Å². The van der Waals surface area contributed by atoms with E-state index in [1.54, 1.807) is 18.2 Å². The molecule has 0 saturated heterocycles. The highest BCUT2D eigenvalue weighted by molar-refractivity contribution is 6.30. The van der Waals surface area contributed by atoms with Gasteiger partial charge >= 0.3 is 5.97 Å². The average molecular weight is 321 g/mol. The van der Waals surface area contributed by atoms with Crippen LogP contribution in [0.3, 0.4) is 0 Å². The van der Waals surface area contributed by atoms with Crippen molar-refractivity contribution in [1.29, 1.82) is 0 Å². The van der Waals surface area contributed by atoms with Gasteiger partial charge in [-0.1, -0.05) is 42.7 Å². The van der Waals surface area contributed by atoms with Crippen LogP contribution in [0.1, 0.15) is 45.1 Å². The monoisotopic (exact) mass is 320 g/mol. The summed E-state index contributed by atoms with van der Waals surface area (Å²) >= 11 is 5.81. The Bertz CT molecular complexity index is 503. The van der Waals surface area contributed by atoms with Gasteiger partial charge in [0.1, 0.15) is 0 Å². The fraction of sp³-hybridized carbons (Fsp3) is 0.421. The van der Waals surface area contributed by atoms with Crippen LogP contribution >= 0.6 is 11.6 Å². The molecule has 0 bridgehead atoms. The van der Waals surface area contributed by atoms with Crippen molar-refractivity contribution >= 4 is 23.6 Å². The summed E-state index contributed by atoms with van der Waals surface area (Å²) < 4.78 is 5.22. The first-order valence-electron chi connectivity index (χ1n) is 7.72. The van der Waals surface area contributed by atoms with Crippen LogP contribution < -0.4 is 0 Å². The molecule has 0 aromatic heterocycles. The summed E-state index contributed by atoms with van der Waals surface area (Å²) in [6.07, 6.45) is 7.46.